The molecule has 6 nitrogen and oxygen atoms in total. The van der Waals surface area contributed by atoms with Crippen molar-refractivity contribution in [1.82, 2.24) is 0 Å². The fourth-order valence-electron chi connectivity index (χ4n) is 2.97. The number of halogens is 1. The molecule has 0 aliphatic rings. The highest BCUT2D eigenvalue weighted by molar-refractivity contribution is 7.46. The smallest absolute Gasteiger partial charge is 0.457 e. The molecular weight excluding hydrogens is 413 g/mol. The maximum Gasteiger partial charge on any atom is 0.469 e. The van der Waals surface area contributed by atoms with Gasteiger partial charge in [-0.15, -0.1) is 0 Å². The van der Waals surface area contributed by atoms with Crippen LogP contribution in [0.4, 0.5) is 0 Å². The van der Waals surface area contributed by atoms with Crippen LogP contribution in [0.25, 0.3) is 0 Å². The van der Waals surface area contributed by atoms with Crippen molar-refractivity contribution in [2.24, 2.45) is 5.73 Å². The van der Waals surface area contributed by atoms with Crippen LogP contribution in [0.5, 0.6) is 11.5 Å². The Labute approximate surface area is 177 Å². The molecule has 0 unspecified atom stereocenters. The Morgan fingerprint density at radius 1 is 1.14 bits per heavy atom. The van der Waals surface area contributed by atoms with Crippen LogP contribution < -0.4 is 10.5 Å². The van der Waals surface area contributed by atoms with Crippen molar-refractivity contribution < 1.29 is 23.6 Å². The van der Waals surface area contributed by atoms with Gasteiger partial charge in [0.2, 0.25) is 0 Å². The lowest BCUT2D eigenvalue weighted by Crippen LogP contribution is -2.40. The summed E-state index contributed by atoms with van der Waals surface area (Å²) in [6.45, 7) is 3.63. The predicted molar refractivity (Wildman–Crippen MR) is 115 cm³/mol. The number of hydrogen-bond acceptors (Lipinski definition) is 4. The molecular formula is C21H29ClNO5P. The first-order valence-electron chi connectivity index (χ1n) is 9.62. The van der Waals surface area contributed by atoms with Crippen molar-refractivity contribution in [3.05, 3.63) is 58.6 Å². The summed E-state index contributed by atoms with van der Waals surface area (Å²) in [4.78, 5) is 17.6. The van der Waals surface area contributed by atoms with Crippen LogP contribution in [0, 0.1) is 0 Å². The van der Waals surface area contributed by atoms with Crippen LogP contribution in [0.1, 0.15) is 44.2 Å². The number of phosphoric acid groups is 1. The lowest BCUT2D eigenvalue weighted by Gasteiger charge is -2.24. The van der Waals surface area contributed by atoms with Gasteiger partial charge in [-0.3, -0.25) is 4.52 Å². The lowest BCUT2D eigenvalue weighted by molar-refractivity contribution is 0.153. The molecule has 4 N–H and O–H groups in total. The normalized spacial score (nSPS) is 13.9. The van der Waals surface area contributed by atoms with Crippen molar-refractivity contribution >= 4 is 19.4 Å². The maximum atomic E-state index is 10.8. The van der Waals surface area contributed by atoms with E-state index in [9.17, 15) is 4.57 Å². The van der Waals surface area contributed by atoms with Crippen molar-refractivity contribution in [3.63, 3.8) is 0 Å². The van der Waals surface area contributed by atoms with E-state index in [0.29, 0.717) is 30.0 Å². The first-order valence-corrected chi connectivity index (χ1v) is 11.5. The third-order valence-electron chi connectivity index (χ3n) is 4.45. The summed E-state index contributed by atoms with van der Waals surface area (Å²) in [7, 11) is -4.52. The molecule has 2 rings (SSSR count). The molecule has 29 heavy (non-hydrogen) atoms. The van der Waals surface area contributed by atoms with E-state index in [4.69, 9.17) is 31.9 Å². The summed E-state index contributed by atoms with van der Waals surface area (Å²) in [5.41, 5.74) is 7.42. The molecule has 0 saturated heterocycles. The standard InChI is InChI=1S/C21H29ClNO5P/c1-3-6-16-7-4-9-18(13-16)28-19-11-10-17(20(22)14-19)8-5-12-21(2,23)15-27-29(24,25)26/h4,7,9-11,13-14H,3,5-6,8,12,15,23H2,1-2H3,(H2,24,25,26)/t21-/m1/s1. The fourth-order valence-corrected chi connectivity index (χ4v) is 3.70. The van der Waals surface area contributed by atoms with Gasteiger partial charge in [-0.05, 0) is 68.0 Å². The van der Waals surface area contributed by atoms with Crippen molar-refractivity contribution in [1.29, 1.82) is 0 Å². The molecule has 8 heteroatoms. The average molecular weight is 442 g/mol. The van der Waals surface area contributed by atoms with Crippen LogP contribution in [0.15, 0.2) is 42.5 Å². The predicted octanol–water partition coefficient (Wildman–Crippen LogP) is 5.23. The molecule has 0 bridgehead atoms. The van der Waals surface area contributed by atoms with E-state index >= 15 is 0 Å². The number of nitrogens with two attached hydrogens (primary N) is 1. The third kappa shape index (κ3) is 8.87. The Morgan fingerprint density at radius 3 is 2.52 bits per heavy atom. The van der Waals surface area contributed by atoms with Gasteiger partial charge in [0.25, 0.3) is 0 Å². The Hall–Kier alpha value is -1.40. The van der Waals surface area contributed by atoms with Crippen molar-refractivity contribution in [2.45, 2.75) is 51.5 Å². The molecule has 0 aliphatic heterocycles. The highest BCUT2D eigenvalue weighted by Gasteiger charge is 2.24. The van der Waals surface area contributed by atoms with Gasteiger partial charge < -0.3 is 20.3 Å². The highest BCUT2D eigenvalue weighted by Crippen LogP contribution is 2.37. The number of benzene rings is 2. The number of rotatable bonds is 11. The molecule has 2 aromatic carbocycles. The minimum Gasteiger partial charge on any atom is -0.457 e. The minimum atomic E-state index is -4.52. The highest BCUT2D eigenvalue weighted by atomic mass is 35.5. The molecule has 0 saturated carbocycles. The van der Waals surface area contributed by atoms with Gasteiger partial charge in [-0.2, -0.15) is 0 Å². The molecule has 0 radical (unpaired) electrons. The second-order valence-corrected chi connectivity index (χ2v) is 9.17. The van der Waals surface area contributed by atoms with Crippen LogP contribution in [0.3, 0.4) is 0 Å². The topological polar surface area (TPSA) is 102 Å². The SMILES string of the molecule is CCCc1cccc(Oc2ccc(CCC[C@@](C)(N)COP(=O)(O)O)c(Cl)c2)c1. The van der Waals surface area contributed by atoms with Crippen LogP contribution >= 0.6 is 19.4 Å². The van der Waals surface area contributed by atoms with Gasteiger partial charge in [0.15, 0.2) is 0 Å². The second-order valence-electron chi connectivity index (χ2n) is 7.52. The fraction of sp³-hybridized carbons (Fsp3) is 0.429. The summed E-state index contributed by atoms with van der Waals surface area (Å²) in [6.07, 6.45) is 4.02. The number of phosphoric ester groups is 1. The number of ether oxygens (including phenoxy) is 1. The summed E-state index contributed by atoms with van der Waals surface area (Å²) in [5, 5.41) is 0.609. The summed E-state index contributed by atoms with van der Waals surface area (Å²) >= 11 is 6.41. The van der Waals surface area contributed by atoms with E-state index in [0.717, 1.165) is 24.2 Å². The molecule has 0 amide bonds. The Kier molecular flexibility index (Phi) is 8.71. The van der Waals surface area contributed by atoms with E-state index in [1.54, 1.807) is 13.0 Å². The minimum absolute atomic E-state index is 0.213. The zero-order valence-corrected chi connectivity index (χ0v) is 18.5. The molecule has 160 valence electrons. The number of aryl methyl sites for hydroxylation is 2. The van der Waals surface area contributed by atoms with Gasteiger partial charge in [0.05, 0.1) is 6.61 Å². The molecule has 0 spiro atoms. The lowest BCUT2D eigenvalue weighted by atomic mass is 9.95. The average Bonchev–Trinajstić information content (AvgIpc) is 2.62. The monoisotopic (exact) mass is 441 g/mol. The molecule has 0 heterocycles. The van der Waals surface area contributed by atoms with Gasteiger partial charge >= 0.3 is 7.82 Å². The summed E-state index contributed by atoms with van der Waals surface area (Å²) < 4.78 is 21.3. The first kappa shape index (κ1) is 23.9. The van der Waals surface area contributed by atoms with Crippen molar-refractivity contribution in [2.75, 3.05) is 6.61 Å². The summed E-state index contributed by atoms with van der Waals surface area (Å²) in [5.74, 6) is 1.45. The quantitative estimate of drug-likeness (QED) is 0.412. The molecule has 2 aromatic rings. The van der Waals surface area contributed by atoms with Gasteiger partial charge in [-0.1, -0.05) is 43.1 Å². The van der Waals surface area contributed by atoms with Crippen LogP contribution in [-0.2, 0) is 21.9 Å². The van der Waals surface area contributed by atoms with Gasteiger partial charge in [0.1, 0.15) is 11.5 Å². The Morgan fingerprint density at radius 2 is 1.86 bits per heavy atom. The number of hydrogen-bond donors (Lipinski definition) is 3. The van der Waals surface area contributed by atoms with Crippen LogP contribution in [0.2, 0.25) is 5.02 Å². The zero-order valence-electron chi connectivity index (χ0n) is 16.8. The Bertz CT molecular complexity index is 853. The van der Waals surface area contributed by atoms with E-state index in [2.05, 4.69) is 17.5 Å². The molecule has 0 aromatic heterocycles. The zero-order chi connectivity index (χ0) is 21.5. The summed E-state index contributed by atoms with van der Waals surface area (Å²) in [6, 6.07) is 13.6. The van der Waals surface area contributed by atoms with Gasteiger partial charge in [0, 0.05) is 10.6 Å². The van der Waals surface area contributed by atoms with E-state index in [1.165, 1.54) is 5.56 Å². The van der Waals surface area contributed by atoms with E-state index < -0.39 is 13.4 Å². The van der Waals surface area contributed by atoms with Gasteiger partial charge in [-0.25, -0.2) is 4.57 Å². The molecule has 0 aliphatic carbocycles. The maximum absolute atomic E-state index is 10.8. The van der Waals surface area contributed by atoms with Crippen molar-refractivity contribution in [3.8, 4) is 11.5 Å². The van der Waals surface area contributed by atoms with Crippen LogP contribution in [-0.4, -0.2) is 21.9 Å². The van der Waals surface area contributed by atoms with E-state index in [-0.39, 0.29) is 6.61 Å². The van der Waals surface area contributed by atoms with E-state index in [1.807, 2.05) is 30.3 Å². The third-order valence-corrected chi connectivity index (χ3v) is 5.27. The molecule has 1 atom stereocenters. The molecule has 0 fully saturated rings. The largest absolute Gasteiger partial charge is 0.469 e. The Balaban J connectivity index is 1.91. The first-order chi connectivity index (χ1) is 13.6. The second kappa shape index (κ2) is 10.6.